The predicted molar refractivity (Wildman–Crippen MR) is 97.7 cm³/mol. The van der Waals surface area contributed by atoms with Crippen molar-refractivity contribution in [3.63, 3.8) is 0 Å². The molecule has 0 aliphatic carbocycles. The van der Waals surface area contributed by atoms with E-state index in [0.29, 0.717) is 22.0 Å². The molecule has 134 valence electrons. The Balaban J connectivity index is 2.07. The molecule has 7 nitrogen and oxygen atoms in total. The SMILES string of the molecule is CCN1C(=O)c2cccc3c(N4CCCCC4)c([N+](=O)[O-])cc(c23)C1=O. The molecule has 0 radical (unpaired) electrons. The highest BCUT2D eigenvalue weighted by Gasteiger charge is 2.36. The lowest BCUT2D eigenvalue weighted by atomic mass is 9.91. The fraction of sp³-hybridized carbons (Fsp3) is 0.368. The first kappa shape index (κ1) is 16.5. The Morgan fingerprint density at radius 1 is 1.08 bits per heavy atom. The minimum Gasteiger partial charge on any atom is -0.365 e. The van der Waals surface area contributed by atoms with E-state index in [-0.39, 0.29) is 23.7 Å². The maximum Gasteiger partial charge on any atom is 0.293 e. The number of amides is 2. The first-order valence-corrected chi connectivity index (χ1v) is 8.89. The van der Waals surface area contributed by atoms with Gasteiger partial charge in [0.05, 0.1) is 10.5 Å². The summed E-state index contributed by atoms with van der Waals surface area (Å²) >= 11 is 0. The Morgan fingerprint density at radius 3 is 2.42 bits per heavy atom. The standard InChI is InChI=1S/C19H19N3O4/c1-2-21-18(23)13-8-6-7-12-16(13)14(19(21)24)11-15(22(25)26)17(12)20-9-4-3-5-10-20/h6-8,11H,2-5,9-10H2,1H3. The molecule has 26 heavy (non-hydrogen) atoms. The number of hydrogen-bond donors (Lipinski definition) is 0. The molecule has 0 unspecified atom stereocenters. The molecule has 0 spiro atoms. The minimum absolute atomic E-state index is 0.0645. The second kappa shape index (κ2) is 6.09. The number of hydrogen-bond acceptors (Lipinski definition) is 5. The normalized spacial score (nSPS) is 17.1. The first-order valence-electron chi connectivity index (χ1n) is 8.89. The molecule has 0 aromatic heterocycles. The average molecular weight is 353 g/mol. The van der Waals surface area contributed by atoms with Crippen molar-refractivity contribution in [2.24, 2.45) is 0 Å². The average Bonchev–Trinajstić information content (AvgIpc) is 2.66. The fourth-order valence-electron chi connectivity index (χ4n) is 4.06. The van der Waals surface area contributed by atoms with Gasteiger partial charge in [-0.05, 0) is 32.3 Å². The van der Waals surface area contributed by atoms with E-state index < -0.39 is 10.8 Å². The highest BCUT2D eigenvalue weighted by atomic mass is 16.6. The van der Waals surface area contributed by atoms with Gasteiger partial charge in [0.1, 0.15) is 5.69 Å². The third kappa shape index (κ3) is 2.27. The van der Waals surface area contributed by atoms with Crippen molar-refractivity contribution in [2.45, 2.75) is 26.2 Å². The molecule has 0 bridgehead atoms. The van der Waals surface area contributed by atoms with E-state index in [4.69, 9.17) is 0 Å². The maximum absolute atomic E-state index is 12.8. The van der Waals surface area contributed by atoms with Crippen LogP contribution in [0.2, 0.25) is 0 Å². The number of imide groups is 1. The zero-order valence-electron chi connectivity index (χ0n) is 14.5. The predicted octanol–water partition coefficient (Wildman–Crippen LogP) is 3.35. The van der Waals surface area contributed by atoms with E-state index in [2.05, 4.69) is 0 Å². The smallest absolute Gasteiger partial charge is 0.293 e. The molecule has 2 aromatic carbocycles. The number of nitro benzene ring substituents is 1. The number of benzene rings is 2. The van der Waals surface area contributed by atoms with Crippen LogP contribution in [-0.4, -0.2) is 41.3 Å². The van der Waals surface area contributed by atoms with Gasteiger partial charge < -0.3 is 4.90 Å². The molecule has 0 atom stereocenters. The zero-order valence-corrected chi connectivity index (χ0v) is 14.5. The van der Waals surface area contributed by atoms with Gasteiger partial charge in [0.25, 0.3) is 17.5 Å². The summed E-state index contributed by atoms with van der Waals surface area (Å²) in [5, 5.41) is 12.9. The van der Waals surface area contributed by atoms with E-state index in [1.807, 2.05) is 4.90 Å². The highest BCUT2D eigenvalue weighted by Crippen LogP contribution is 2.42. The van der Waals surface area contributed by atoms with Gasteiger partial charge >= 0.3 is 0 Å². The van der Waals surface area contributed by atoms with Gasteiger partial charge in [0, 0.05) is 42.0 Å². The quantitative estimate of drug-likeness (QED) is 0.480. The largest absolute Gasteiger partial charge is 0.365 e. The van der Waals surface area contributed by atoms with Crippen molar-refractivity contribution in [1.82, 2.24) is 4.90 Å². The third-order valence-corrected chi connectivity index (χ3v) is 5.25. The summed E-state index contributed by atoms with van der Waals surface area (Å²) in [6.07, 6.45) is 3.05. The van der Waals surface area contributed by atoms with Crippen molar-refractivity contribution < 1.29 is 14.5 Å². The van der Waals surface area contributed by atoms with Crippen LogP contribution >= 0.6 is 0 Å². The van der Waals surface area contributed by atoms with Crippen LogP contribution in [0.3, 0.4) is 0 Å². The van der Waals surface area contributed by atoms with Gasteiger partial charge in [-0.2, -0.15) is 0 Å². The van der Waals surface area contributed by atoms with Crippen LogP contribution in [0.15, 0.2) is 24.3 Å². The Labute approximate surface area is 150 Å². The first-order chi connectivity index (χ1) is 12.5. The topological polar surface area (TPSA) is 83.8 Å². The summed E-state index contributed by atoms with van der Waals surface area (Å²) in [4.78, 5) is 40.0. The fourth-order valence-corrected chi connectivity index (χ4v) is 4.06. The summed E-state index contributed by atoms with van der Waals surface area (Å²) in [6.45, 7) is 3.43. The van der Waals surface area contributed by atoms with Crippen molar-refractivity contribution in [2.75, 3.05) is 24.5 Å². The van der Waals surface area contributed by atoms with Crippen LogP contribution < -0.4 is 4.90 Å². The molecule has 2 heterocycles. The van der Waals surface area contributed by atoms with Gasteiger partial charge in [-0.25, -0.2) is 0 Å². The summed E-state index contributed by atoms with van der Waals surface area (Å²) < 4.78 is 0. The molecule has 4 rings (SSSR count). The number of nitrogens with zero attached hydrogens (tertiary/aromatic N) is 3. The van der Waals surface area contributed by atoms with Crippen molar-refractivity contribution >= 4 is 34.0 Å². The van der Waals surface area contributed by atoms with Crippen molar-refractivity contribution in [1.29, 1.82) is 0 Å². The monoisotopic (exact) mass is 353 g/mol. The lowest BCUT2D eigenvalue weighted by Gasteiger charge is -2.32. The summed E-state index contributed by atoms with van der Waals surface area (Å²) in [7, 11) is 0. The van der Waals surface area contributed by atoms with Crippen molar-refractivity contribution in [3.8, 4) is 0 Å². The molecule has 0 saturated carbocycles. The van der Waals surface area contributed by atoms with Gasteiger partial charge in [-0.15, -0.1) is 0 Å². The summed E-state index contributed by atoms with van der Waals surface area (Å²) in [5.74, 6) is -0.802. The van der Waals surface area contributed by atoms with Gasteiger partial charge in [-0.1, -0.05) is 12.1 Å². The molecule has 1 saturated heterocycles. The van der Waals surface area contributed by atoms with E-state index >= 15 is 0 Å². The zero-order chi connectivity index (χ0) is 18.4. The van der Waals surface area contributed by atoms with Crippen LogP contribution in [0.25, 0.3) is 10.8 Å². The third-order valence-electron chi connectivity index (χ3n) is 5.25. The van der Waals surface area contributed by atoms with Crippen LogP contribution in [-0.2, 0) is 0 Å². The molecule has 0 N–H and O–H groups in total. The second-order valence-corrected chi connectivity index (χ2v) is 6.68. The number of anilines is 1. The van der Waals surface area contributed by atoms with Gasteiger partial charge in [0.2, 0.25) is 0 Å². The van der Waals surface area contributed by atoms with E-state index in [0.717, 1.165) is 37.3 Å². The van der Waals surface area contributed by atoms with E-state index in [1.165, 1.54) is 6.07 Å². The minimum atomic E-state index is -0.463. The van der Waals surface area contributed by atoms with Crippen molar-refractivity contribution in [3.05, 3.63) is 45.5 Å². The molecule has 7 heteroatoms. The number of nitro groups is 1. The van der Waals surface area contributed by atoms with Crippen LogP contribution in [0, 0.1) is 10.1 Å². The number of carbonyl (C=O) groups excluding carboxylic acids is 2. The lowest BCUT2D eigenvalue weighted by Crippen LogP contribution is -2.40. The van der Waals surface area contributed by atoms with E-state index in [9.17, 15) is 19.7 Å². The second-order valence-electron chi connectivity index (χ2n) is 6.68. The van der Waals surface area contributed by atoms with Gasteiger partial charge in [-0.3, -0.25) is 24.6 Å². The highest BCUT2D eigenvalue weighted by molar-refractivity contribution is 6.27. The summed E-state index contributed by atoms with van der Waals surface area (Å²) in [6, 6.07) is 6.56. The number of piperidine rings is 1. The molecule has 1 fully saturated rings. The molecule has 2 aliphatic rings. The number of rotatable bonds is 3. The Kier molecular flexibility index (Phi) is 3.86. The molecular formula is C19H19N3O4. The maximum atomic E-state index is 12.8. The molecule has 2 aromatic rings. The Bertz CT molecular complexity index is 947. The van der Waals surface area contributed by atoms with Gasteiger partial charge in [0.15, 0.2) is 0 Å². The Morgan fingerprint density at radius 2 is 1.77 bits per heavy atom. The molecule has 2 amide bonds. The van der Waals surface area contributed by atoms with Crippen LogP contribution in [0.1, 0.15) is 46.9 Å². The van der Waals surface area contributed by atoms with E-state index in [1.54, 1.807) is 25.1 Å². The summed E-state index contributed by atoms with van der Waals surface area (Å²) in [5.41, 5.74) is 1.14. The molecule has 2 aliphatic heterocycles. The Hall–Kier alpha value is -2.96. The van der Waals surface area contributed by atoms with Crippen LogP contribution in [0.5, 0.6) is 0 Å². The molecular weight excluding hydrogens is 334 g/mol. The van der Waals surface area contributed by atoms with Crippen LogP contribution in [0.4, 0.5) is 11.4 Å². The lowest BCUT2D eigenvalue weighted by molar-refractivity contribution is -0.384. The number of carbonyl (C=O) groups is 2.